The van der Waals surface area contributed by atoms with Crippen molar-refractivity contribution in [2.24, 2.45) is 0 Å². The summed E-state index contributed by atoms with van der Waals surface area (Å²) >= 11 is 0. The van der Waals surface area contributed by atoms with Gasteiger partial charge in [0.15, 0.2) is 11.5 Å². The van der Waals surface area contributed by atoms with Gasteiger partial charge in [-0.05, 0) is 19.3 Å². The van der Waals surface area contributed by atoms with Gasteiger partial charge in [-0.3, -0.25) is 0 Å². The Morgan fingerprint density at radius 3 is 2.68 bits per heavy atom. The van der Waals surface area contributed by atoms with Crippen LogP contribution in [0.15, 0.2) is 0 Å². The molecule has 19 heavy (non-hydrogen) atoms. The molecule has 4 nitrogen and oxygen atoms in total. The summed E-state index contributed by atoms with van der Waals surface area (Å²) in [5.41, 5.74) is 3.57. The molecule has 104 valence electrons. The zero-order valence-corrected chi connectivity index (χ0v) is 12.0. The fraction of sp³-hybridized carbons (Fsp3) is 0.600. The maximum absolute atomic E-state index is 5.74. The molecule has 0 bridgehead atoms. The third-order valence-corrected chi connectivity index (χ3v) is 4.20. The summed E-state index contributed by atoms with van der Waals surface area (Å²) in [4.78, 5) is 0. The van der Waals surface area contributed by atoms with E-state index in [9.17, 15) is 0 Å². The number of hydrogen-bond donors (Lipinski definition) is 1. The van der Waals surface area contributed by atoms with Gasteiger partial charge in [0.25, 0.3) is 0 Å². The standard InChI is InChI=1S/C15H21NO3/c1-5-10-12-11(8(2)6-16-10)13(17-4)9(3)14-15(12)19-7-18-14/h8,10,16H,5-7H2,1-4H3/t8?,10-/m0/s1. The lowest BCUT2D eigenvalue weighted by molar-refractivity contribution is 0.172. The van der Waals surface area contributed by atoms with Crippen molar-refractivity contribution in [3.05, 3.63) is 16.7 Å². The van der Waals surface area contributed by atoms with Crippen LogP contribution >= 0.6 is 0 Å². The first-order valence-electron chi connectivity index (χ1n) is 6.92. The molecular formula is C15H21NO3. The predicted molar refractivity (Wildman–Crippen MR) is 73.3 cm³/mol. The topological polar surface area (TPSA) is 39.7 Å². The highest BCUT2D eigenvalue weighted by Gasteiger charge is 2.36. The van der Waals surface area contributed by atoms with Crippen molar-refractivity contribution in [3.63, 3.8) is 0 Å². The Labute approximate surface area is 114 Å². The van der Waals surface area contributed by atoms with Gasteiger partial charge in [-0.25, -0.2) is 0 Å². The Morgan fingerprint density at radius 1 is 1.26 bits per heavy atom. The Hall–Kier alpha value is -1.42. The summed E-state index contributed by atoms with van der Waals surface area (Å²) in [6.07, 6.45) is 1.03. The van der Waals surface area contributed by atoms with Crippen LogP contribution < -0.4 is 19.5 Å². The first kappa shape index (κ1) is 12.6. The maximum atomic E-state index is 5.74. The van der Waals surface area contributed by atoms with Crippen LogP contribution in [0.1, 0.15) is 48.9 Å². The minimum atomic E-state index is 0.306. The van der Waals surface area contributed by atoms with E-state index in [0.29, 0.717) is 18.8 Å². The van der Waals surface area contributed by atoms with Crippen LogP contribution in [-0.4, -0.2) is 20.4 Å². The molecule has 0 saturated carbocycles. The Morgan fingerprint density at radius 2 is 2.00 bits per heavy atom. The molecule has 0 spiro atoms. The molecule has 2 aliphatic rings. The highest BCUT2D eigenvalue weighted by molar-refractivity contribution is 5.66. The van der Waals surface area contributed by atoms with Gasteiger partial charge >= 0.3 is 0 Å². The molecule has 0 fully saturated rings. The molecule has 0 saturated heterocycles. The molecule has 4 heteroatoms. The van der Waals surface area contributed by atoms with Crippen LogP contribution in [0.5, 0.6) is 17.2 Å². The second-order valence-corrected chi connectivity index (χ2v) is 5.32. The lowest BCUT2D eigenvalue weighted by Crippen LogP contribution is -2.32. The van der Waals surface area contributed by atoms with Crippen molar-refractivity contribution in [1.82, 2.24) is 5.32 Å². The van der Waals surface area contributed by atoms with Crippen molar-refractivity contribution in [1.29, 1.82) is 0 Å². The number of methoxy groups -OCH3 is 1. The number of benzene rings is 1. The Balaban J connectivity index is 2.31. The minimum Gasteiger partial charge on any atom is -0.496 e. The van der Waals surface area contributed by atoms with Crippen molar-refractivity contribution in [2.75, 3.05) is 20.4 Å². The largest absolute Gasteiger partial charge is 0.496 e. The van der Waals surface area contributed by atoms with Crippen molar-refractivity contribution in [3.8, 4) is 17.2 Å². The zero-order chi connectivity index (χ0) is 13.6. The third kappa shape index (κ3) is 1.70. The molecule has 1 aromatic carbocycles. The highest BCUT2D eigenvalue weighted by atomic mass is 16.7. The predicted octanol–water partition coefficient (Wildman–Crippen LogP) is 2.89. The van der Waals surface area contributed by atoms with Gasteiger partial charge in [-0.2, -0.15) is 0 Å². The van der Waals surface area contributed by atoms with E-state index in [2.05, 4.69) is 19.2 Å². The summed E-state index contributed by atoms with van der Waals surface area (Å²) in [6, 6.07) is 0.316. The van der Waals surface area contributed by atoms with Crippen LogP contribution in [-0.2, 0) is 0 Å². The van der Waals surface area contributed by atoms with Crippen LogP contribution in [0.4, 0.5) is 0 Å². The van der Waals surface area contributed by atoms with Crippen LogP contribution in [0.25, 0.3) is 0 Å². The molecule has 3 rings (SSSR count). The lowest BCUT2D eigenvalue weighted by Gasteiger charge is -2.33. The smallest absolute Gasteiger partial charge is 0.231 e. The first-order chi connectivity index (χ1) is 9.19. The maximum Gasteiger partial charge on any atom is 0.231 e. The van der Waals surface area contributed by atoms with Crippen LogP contribution in [0.3, 0.4) is 0 Å². The van der Waals surface area contributed by atoms with Gasteiger partial charge < -0.3 is 19.5 Å². The van der Waals surface area contributed by atoms with E-state index in [1.165, 1.54) is 11.1 Å². The normalized spacial score (nSPS) is 24.2. The fourth-order valence-electron chi connectivity index (χ4n) is 3.28. The number of rotatable bonds is 2. The second kappa shape index (κ2) is 4.60. The van der Waals surface area contributed by atoms with E-state index >= 15 is 0 Å². The van der Waals surface area contributed by atoms with Gasteiger partial charge in [-0.1, -0.05) is 13.8 Å². The number of ether oxygens (including phenoxy) is 3. The highest BCUT2D eigenvalue weighted by Crippen LogP contribution is 2.52. The summed E-state index contributed by atoms with van der Waals surface area (Å²) in [6.45, 7) is 7.73. The summed E-state index contributed by atoms with van der Waals surface area (Å²) in [5, 5.41) is 3.58. The van der Waals surface area contributed by atoms with Crippen LogP contribution in [0.2, 0.25) is 0 Å². The average molecular weight is 263 g/mol. The Kier molecular flexibility index (Phi) is 3.05. The molecule has 2 atom stereocenters. The number of hydrogen-bond acceptors (Lipinski definition) is 4. The van der Waals surface area contributed by atoms with E-state index < -0.39 is 0 Å². The zero-order valence-electron chi connectivity index (χ0n) is 12.0. The molecule has 0 amide bonds. The van der Waals surface area contributed by atoms with E-state index in [4.69, 9.17) is 14.2 Å². The quantitative estimate of drug-likeness (QED) is 0.890. The van der Waals surface area contributed by atoms with E-state index in [1.807, 2.05) is 6.92 Å². The minimum absolute atomic E-state index is 0.306. The van der Waals surface area contributed by atoms with Gasteiger partial charge in [-0.15, -0.1) is 0 Å². The summed E-state index contributed by atoms with van der Waals surface area (Å²) in [7, 11) is 1.74. The SMILES string of the molecule is CC[C@@H]1NCC(C)c2c(OC)c(C)c3c(c21)OCO3. The molecule has 1 aromatic rings. The average Bonchev–Trinajstić information content (AvgIpc) is 2.90. The second-order valence-electron chi connectivity index (χ2n) is 5.32. The molecule has 2 heterocycles. The Bertz CT molecular complexity index is 513. The lowest BCUT2D eigenvalue weighted by atomic mass is 9.83. The van der Waals surface area contributed by atoms with E-state index in [-0.39, 0.29) is 0 Å². The molecular weight excluding hydrogens is 242 g/mol. The fourth-order valence-corrected chi connectivity index (χ4v) is 3.28. The molecule has 0 aliphatic carbocycles. The summed E-state index contributed by atoms with van der Waals surface area (Å²) < 4.78 is 17.0. The third-order valence-electron chi connectivity index (χ3n) is 4.20. The van der Waals surface area contributed by atoms with Gasteiger partial charge in [0.05, 0.1) is 7.11 Å². The van der Waals surface area contributed by atoms with Crippen molar-refractivity contribution < 1.29 is 14.2 Å². The van der Waals surface area contributed by atoms with Gasteiger partial charge in [0, 0.05) is 29.3 Å². The van der Waals surface area contributed by atoms with Crippen molar-refractivity contribution >= 4 is 0 Å². The molecule has 1 unspecified atom stereocenters. The molecule has 1 N–H and O–H groups in total. The number of nitrogens with one attached hydrogen (secondary N) is 1. The van der Waals surface area contributed by atoms with Crippen molar-refractivity contribution in [2.45, 2.75) is 39.2 Å². The monoisotopic (exact) mass is 263 g/mol. The van der Waals surface area contributed by atoms with E-state index in [0.717, 1.165) is 35.8 Å². The molecule has 0 aromatic heterocycles. The molecule has 2 aliphatic heterocycles. The molecule has 0 radical (unpaired) electrons. The number of fused-ring (bicyclic) bond motifs is 3. The van der Waals surface area contributed by atoms with Crippen LogP contribution in [0, 0.1) is 6.92 Å². The van der Waals surface area contributed by atoms with Gasteiger partial charge in [0.2, 0.25) is 6.79 Å². The van der Waals surface area contributed by atoms with Gasteiger partial charge in [0.1, 0.15) is 5.75 Å². The van der Waals surface area contributed by atoms with E-state index in [1.54, 1.807) is 7.11 Å². The summed E-state index contributed by atoms with van der Waals surface area (Å²) in [5.74, 6) is 3.15. The first-order valence-corrected chi connectivity index (χ1v) is 6.92.